The molecule has 0 saturated heterocycles. The first-order valence-electron chi connectivity index (χ1n) is 6.60. The van der Waals surface area contributed by atoms with Crippen LogP contribution in [-0.2, 0) is 14.3 Å². The molecule has 1 N–H and O–H groups in total. The predicted molar refractivity (Wildman–Crippen MR) is 73.8 cm³/mol. The molecule has 9 heteroatoms. The highest BCUT2D eigenvalue weighted by molar-refractivity contribution is 6.44. The molecule has 0 aromatic heterocycles. The van der Waals surface area contributed by atoms with Crippen molar-refractivity contribution in [3.8, 4) is 17.2 Å². The van der Waals surface area contributed by atoms with Gasteiger partial charge in [0.1, 0.15) is 17.8 Å². The average Bonchev–Trinajstić information content (AvgIpc) is 2.46. The maximum absolute atomic E-state index is 12.2. The molecule has 118 valence electrons. The van der Waals surface area contributed by atoms with Gasteiger partial charge < -0.3 is 28.6 Å². The van der Waals surface area contributed by atoms with Gasteiger partial charge in [0, 0.05) is 6.92 Å². The lowest BCUT2D eigenvalue weighted by Gasteiger charge is -2.23. The van der Waals surface area contributed by atoms with Crippen LogP contribution in [-0.4, -0.2) is 44.0 Å². The van der Waals surface area contributed by atoms with Crippen molar-refractivity contribution in [3.63, 3.8) is 0 Å². The van der Waals surface area contributed by atoms with Crippen molar-refractivity contribution in [2.75, 3.05) is 19.9 Å². The summed E-state index contributed by atoms with van der Waals surface area (Å²) in [6.45, 7) is 2.67. The summed E-state index contributed by atoms with van der Waals surface area (Å²) in [7, 11) is -1.20. The Labute approximate surface area is 127 Å². The van der Waals surface area contributed by atoms with Gasteiger partial charge in [0.15, 0.2) is 11.5 Å². The van der Waals surface area contributed by atoms with Gasteiger partial charge in [-0.1, -0.05) is 0 Å². The molecule has 0 radical (unpaired) electrons. The largest absolute Gasteiger partial charge is 0.563 e. The van der Waals surface area contributed by atoms with E-state index in [4.69, 9.17) is 18.9 Å². The van der Waals surface area contributed by atoms with E-state index >= 15 is 0 Å². The maximum atomic E-state index is 12.2. The fourth-order valence-electron chi connectivity index (χ4n) is 1.81. The highest BCUT2D eigenvalue weighted by Gasteiger charge is 2.32. The molecule has 1 heterocycles. The molecule has 0 bridgehead atoms. The van der Waals surface area contributed by atoms with Crippen molar-refractivity contribution in [3.05, 3.63) is 17.7 Å². The summed E-state index contributed by atoms with van der Waals surface area (Å²) in [6.07, 6.45) is 0. The molecule has 8 nitrogen and oxygen atoms in total. The fourth-order valence-corrected chi connectivity index (χ4v) is 1.81. The van der Waals surface area contributed by atoms with Crippen LogP contribution < -0.4 is 14.1 Å². The van der Waals surface area contributed by atoms with Gasteiger partial charge in [-0.15, -0.1) is 0 Å². The Morgan fingerprint density at radius 3 is 2.82 bits per heavy atom. The van der Waals surface area contributed by atoms with E-state index in [2.05, 4.69) is 4.74 Å². The van der Waals surface area contributed by atoms with Gasteiger partial charge in [-0.05, 0) is 19.1 Å². The Kier molecular flexibility index (Phi) is 5.10. The molecule has 0 atom stereocenters. The molecule has 1 aliphatic rings. The number of fused-ring (bicyclic) bond motifs is 1. The first-order chi connectivity index (χ1) is 10.5. The van der Waals surface area contributed by atoms with Crippen molar-refractivity contribution >= 4 is 19.1 Å². The van der Waals surface area contributed by atoms with Gasteiger partial charge in [0.2, 0.25) is 6.79 Å². The summed E-state index contributed by atoms with van der Waals surface area (Å²) in [5.41, 5.74) is -0.0368. The van der Waals surface area contributed by atoms with Gasteiger partial charge in [-0.2, -0.15) is 0 Å². The maximum Gasteiger partial charge on any atom is 0.563 e. The van der Waals surface area contributed by atoms with Crippen molar-refractivity contribution in [2.24, 2.45) is 0 Å². The molecule has 0 saturated carbocycles. The van der Waals surface area contributed by atoms with Crippen molar-refractivity contribution in [1.29, 1.82) is 0 Å². The number of esters is 2. The Hall–Kier alpha value is -2.42. The summed E-state index contributed by atoms with van der Waals surface area (Å²) in [6, 6.07) is 3.10. The van der Waals surface area contributed by atoms with Crippen LogP contribution in [0.4, 0.5) is 0 Å². The van der Waals surface area contributed by atoms with E-state index in [0.717, 1.165) is 0 Å². The minimum atomic E-state index is -1.20. The van der Waals surface area contributed by atoms with E-state index < -0.39 is 25.8 Å². The number of rotatable bonds is 5. The van der Waals surface area contributed by atoms with Crippen LogP contribution in [0.5, 0.6) is 17.2 Å². The standard InChI is InChI=1S/C13H15BO8/c1-3-18-9-4-5-10-12(22-14(17)6-19-10)11(9)13(16)21-7-20-8(2)15/h4-5,17H,3,6-7H2,1-2H3. The molecule has 0 amide bonds. The highest BCUT2D eigenvalue weighted by atomic mass is 16.7. The van der Waals surface area contributed by atoms with Crippen LogP contribution in [0.2, 0.25) is 0 Å². The summed E-state index contributed by atoms with van der Waals surface area (Å²) < 4.78 is 25.3. The van der Waals surface area contributed by atoms with Crippen LogP contribution >= 0.6 is 0 Å². The van der Waals surface area contributed by atoms with E-state index in [1.807, 2.05) is 0 Å². The second kappa shape index (κ2) is 7.03. The van der Waals surface area contributed by atoms with Crippen LogP contribution in [0, 0.1) is 0 Å². The quantitative estimate of drug-likeness (QED) is 0.478. The van der Waals surface area contributed by atoms with Gasteiger partial charge in [-0.3, -0.25) is 4.79 Å². The van der Waals surface area contributed by atoms with Crippen LogP contribution in [0.1, 0.15) is 24.2 Å². The minimum absolute atomic E-state index is 0.0255. The number of hydrogen-bond acceptors (Lipinski definition) is 8. The lowest BCUT2D eigenvalue weighted by atomic mass is 9.91. The zero-order valence-electron chi connectivity index (χ0n) is 12.2. The van der Waals surface area contributed by atoms with E-state index in [9.17, 15) is 14.6 Å². The molecule has 1 aromatic rings. The van der Waals surface area contributed by atoms with Crippen molar-refractivity contribution in [2.45, 2.75) is 13.8 Å². The second-order valence-electron chi connectivity index (χ2n) is 4.27. The SMILES string of the molecule is CCOc1ccc2c(c1C(=O)OCOC(C)=O)OB(O)CO2. The predicted octanol–water partition coefficient (Wildman–Crippen LogP) is 0.554. The lowest BCUT2D eigenvalue weighted by Crippen LogP contribution is -2.35. The monoisotopic (exact) mass is 310 g/mol. The number of carbonyl (C=O) groups excluding carboxylic acids is 2. The smallest absolute Gasteiger partial charge is 0.531 e. The lowest BCUT2D eigenvalue weighted by molar-refractivity contribution is -0.149. The third-order valence-electron chi connectivity index (χ3n) is 2.67. The van der Waals surface area contributed by atoms with Gasteiger partial charge >= 0.3 is 19.1 Å². The number of hydrogen-bond donors (Lipinski definition) is 1. The number of carbonyl (C=O) groups is 2. The topological polar surface area (TPSA) is 101 Å². The summed E-state index contributed by atoms with van der Waals surface area (Å²) in [5.74, 6) is -0.875. The average molecular weight is 310 g/mol. The normalized spacial score (nSPS) is 12.6. The molecule has 1 aromatic carbocycles. The van der Waals surface area contributed by atoms with E-state index in [1.54, 1.807) is 13.0 Å². The highest BCUT2D eigenvalue weighted by Crippen LogP contribution is 2.40. The third-order valence-corrected chi connectivity index (χ3v) is 2.67. The summed E-state index contributed by atoms with van der Waals surface area (Å²) in [5, 5.41) is 9.52. The molecule has 1 aliphatic heterocycles. The molecule has 22 heavy (non-hydrogen) atoms. The Bertz CT molecular complexity index is 573. The van der Waals surface area contributed by atoms with Crippen molar-refractivity contribution < 1.29 is 38.2 Å². The summed E-state index contributed by atoms with van der Waals surface area (Å²) in [4.78, 5) is 22.9. The Morgan fingerprint density at radius 2 is 2.14 bits per heavy atom. The fraction of sp³-hybridized carbons (Fsp3) is 0.385. The molecular weight excluding hydrogens is 295 g/mol. The van der Waals surface area contributed by atoms with Crippen molar-refractivity contribution in [1.82, 2.24) is 0 Å². The number of ether oxygens (including phenoxy) is 4. The van der Waals surface area contributed by atoms with Gasteiger partial charge in [-0.25, -0.2) is 4.79 Å². The van der Waals surface area contributed by atoms with E-state index in [-0.39, 0.29) is 29.3 Å². The van der Waals surface area contributed by atoms with E-state index in [1.165, 1.54) is 13.0 Å². The van der Waals surface area contributed by atoms with Gasteiger partial charge in [0.25, 0.3) is 0 Å². The van der Waals surface area contributed by atoms with Crippen LogP contribution in [0.15, 0.2) is 12.1 Å². The molecule has 0 fully saturated rings. The minimum Gasteiger partial charge on any atom is -0.531 e. The molecular formula is C13H15BO8. The second-order valence-corrected chi connectivity index (χ2v) is 4.27. The van der Waals surface area contributed by atoms with E-state index in [0.29, 0.717) is 6.61 Å². The van der Waals surface area contributed by atoms with Crippen LogP contribution in [0.25, 0.3) is 0 Å². The first-order valence-corrected chi connectivity index (χ1v) is 6.60. The molecule has 0 spiro atoms. The zero-order chi connectivity index (χ0) is 16.1. The Morgan fingerprint density at radius 1 is 1.36 bits per heavy atom. The zero-order valence-corrected chi connectivity index (χ0v) is 12.2. The molecule has 2 rings (SSSR count). The third kappa shape index (κ3) is 3.61. The first kappa shape index (κ1) is 16.0. The number of benzene rings is 1. The summed E-state index contributed by atoms with van der Waals surface area (Å²) >= 11 is 0. The Balaban J connectivity index is 2.29. The molecule has 0 unspecified atom stereocenters. The van der Waals surface area contributed by atoms with Crippen LogP contribution in [0.3, 0.4) is 0 Å². The van der Waals surface area contributed by atoms with Gasteiger partial charge in [0.05, 0.1) is 6.61 Å². The molecule has 0 aliphatic carbocycles.